The van der Waals surface area contributed by atoms with E-state index in [-0.39, 0.29) is 7.43 Å². The van der Waals surface area contributed by atoms with Crippen LogP contribution in [-0.4, -0.2) is 15.2 Å². The lowest BCUT2D eigenvalue weighted by atomic mass is 10.3. The van der Waals surface area contributed by atoms with Gasteiger partial charge in [-0.05, 0) is 19.2 Å². The summed E-state index contributed by atoms with van der Waals surface area (Å²) >= 11 is 13.2. The molecule has 1 unspecified atom stereocenters. The molecule has 1 atom stereocenters. The van der Waals surface area contributed by atoms with Crippen LogP contribution in [0.4, 0.5) is 10.1 Å². The monoisotopic (exact) mass is 588 g/mol. The smallest absolute Gasteiger partial charge is 0.216 e. The van der Waals surface area contributed by atoms with Crippen LogP contribution >= 0.6 is 72.4 Å². The van der Waals surface area contributed by atoms with Gasteiger partial charge in [-0.15, -0.1) is 4.28 Å². The third-order valence-corrected chi connectivity index (χ3v) is 3.24. The maximum Gasteiger partial charge on any atom is 0.325 e. The van der Waals surface area contributed by atoms with Gasteiger partial charge in [-0.3, -0.25) is 0 Å². The Labute approximate surface area is 158 Å². The molecule has 1 N–H and O–H groups in total. The second kappa shape index (κ2) is 12.9. The Kier molecular flexibility index (Phi) is 15.3. The molecule has 1 aromatic rings. The quantitative estimate of drug-likeness (QED) is 0.211. The summed E-state index contributed by atoms with van der Waals surface area (Å²) in [6.07, 6.45) is 0. The van der Waals surface area contributed by atoms with Crippen molar-refractivity contribution >= 4 is 89.3 Å². The van der Waals surface area contributed by atoms with E-state index < -0.39 is 15.2 Å². The van der Waals surface area contributed by atoms with Gasteiger partial charge in [0.15, 0.2) is 0 Å². The lowest BCUT2D eigenvalue weighted by Gasteiger charge is -2.22. The first-order valence-electron chi connectivity index (χ1n) is 4.45. The van der Waals surface area contributed by atoms with E-state index in [1.54, 1.807) is 30.3 Å². The number of nitrogens with zero attached hydrogens (tertiary/aromatic N) is 1. The Morgan fingerprint density at radius 1 is 1.40 bits per heavy atom. The second-order valence-corrected chi connectivity index (χ2v) is 6.43. The number of para-hydroxylation sites is 1. The van der Waals surface area contributed by atoms with Crippen LogP contribution in [0.25, 0.3) is 0 Å². The van der Waals surface area contributed by atoms with Crippen LogP contribution in [0.1, 0.15) is 7.43 Å². The molecule has 118 valence electrons. The van der Waals surface area contributed by atoms with Crippen molar-refractivity contribution in [3.63, 3.8) is 0 Å². The number of rotatable bonds is 6. The fraction of sp³-hybridized carbons (Fsp3) is 0.333. The Morgan fingerprint density at radius 3 is 2.30 bits per heavy atom. The van der Waals surface area contributed by atoms with Crippen molar-refractivity contribution in [3.8, 4) is 0 Å². The number of alkyl halides is 3. The molecule has 20 heavy (non-hydrogen) atoms. The van der Waals surface area contributed by atoms with E-state index in [0.717, 1.165) is 4.47 Å². The van der Waals surface area contributed by atoms with Crippen molar-refractivity contribution in [1.29, 1.82) is 0 Å². The van der Waals surface area contributed by atoms with E-state index in [0.29, 0.717) is 17.6 Å². The maximum absolute atomic E-state index is 13.1. The summed E-state index contributed by atoms with van der Waals surface area (Å²) in [5.41, 5.74) is 0.449. The Balaban J connectivity index is 0. The van der Waals surface area contributed by atoms with Crippen LogP contribution in [0, 0.1) is 0 Å². The van der Waals surface area contributed by atoms with Gasteiger partial charge in [-0.1, -0.05) is 48.8 Å². The summed E-state index contributed by atoms with van der Waals surface area (Å²) in [5.74, 6) is 0. The number of hydrogen-bond acceptors (Lipinski definition) is 4. The minimum atomic E-state index is -2.59. The van der Waals surface area contributed by atoms with Gasteiger partial charge in [0.25, 0.3) is 11.3 Å². The molecule has 0 amide bonds. The highest BCUT2D eigenvalue weighted by Crippen LogP contribution is 2.40. The van der Waals surface area contributed by atoms with Crippen LogP contribution in [0.3, 0.4) is 0 Å². The van der Waals surface area contributed by atoms with Gasteiger partial charge in [0.1, 0.15) is 0 Å². The second-order valence-electron chi connectivity index (χ2n) is 2.64. The molecule has 0 radical (unpaired) electrons. The first kappa shape index (κ1) is 23.7. The Hall–Kier alpha value is 1.41. The predicted octanol–water partition coefficient (Wildman–Crippen LogP) is 5.34. The van der Waals surface area contributed by atoms with Gasteiger partial charge >= 0.3 is 3.92 Å². The summed E-state index contributed by atoms with van der Waals surface area (Å²) in [6.45, 7) is 0. The third-order valence-electron chi connectivity index (χ3n) is 1.46. The molecular weight excluding hydrogens is 576 g/mol. The zero-order valence-electron chi connectivity index (χ0n) is 9.36. The largest absolute Gasteiger partial charge is 0.325 e. The average molecular weight is 589 g/mol. The molecule has 0 heterocycles. The molecule has 0 saturated carbocycles. The van der Waals surface area contributed by atoms with Crippen molar-refractivity contribution in [2.75, 3.05) is 11.5 Å². The van der Waals surface area contributed by atoms with Crippen LogP contribution in [0.2, 0.25) is 0 Å². The summed E-state index contributed by atoms with van der Waals surface area (Å²) in [6, 6.07) is 8.43. The number of nitrogens with one attached hydrogen (secondary N) is 1. The average Bonchev–Trinajstić information content (AvgIpc) is 2.39. The molecule has 0 saturated heterocycles. The first-order chi connectivity index (χ1) is 8.92. The molecule has 11 heteroatoms. The van der Waals surface area contributed by atoms with Gasteiger partial charge in [-0.2, -0.15) is 8.86 Å². The molecule has 0 fully saturated rings. The SMILES string of the molecule is C.CNS(=O)ON(SC(F)(Cl)Cl)c1ccccc1.II. The molecule has 4 nitrogen and oxygen atoms in total. The normalized spacial score (nSPS) is 11.7. The van der Waals surface area contributed by atoms with E-state index in [2.05, 4.69) is 42.0 Å². The van der Waals surface area contributed by atoms with Gasteiger partial charge in [0.05, 0.1) is 17.6 Å². The van der Waals surface area contributed by atoms with E-state index in [1.807, 2.05) is 0 Å². The number of benzene rings is 1. The summed E-state index contributed by atoms with van der Waals surface area (Å²) in [4.78, 5) is 0. The fourth-order valence-electron chi connectivity index (χ4n) is 0.853. The van der Waals surface area contributed by atoms with Crippen LogP contribution in [-0.2, 0) is 15.6 Å². The van der Waals surface area contributed by atoms with Crippen molar-refractivity contribution in [2.24, 2.45) is 0 Å². The molecule has 0 aliphatic heterocycles. The highest BCUT2D eigenvalue weighted by molar-refractivity contribution is 15.0. The molecule has 1 aromatic carbocycles. The minimum Gasteiger partial charge on any atom is -0.216 e. The third kappa shape index (κ3) is 11.0. The van der Waals surface area contributed by atoms with E-state index in [4.69, 9.17) is 27.5 Å². The van der Waals surface area contributed by atoms with Gasteiger partial charge in [0.2, 0.25) is 0 Å². The molecular formula is C9H13Cl2FI2N2O2S2. The zero-order valence-corrected chi connectivity index (χ0v) is 16.8. The van der Waals surface area contributed by atoms with E-state index >= 15 is 0 Å². The summed E-state index contributed by atoms with van der Waals surface area (Å²) < 4.78 is 29.9. The van der Waals surface area contributed by atoms with E-state index in [9.17, 15) is 8.60 Å². The number of anilines is 1. The summed E-state index contributed by atoms with van der Waals surface area (Å²) in [5, 5.41) is 0. The minimum absolute atomic E-state index is 0. The van der Waals surface area contributed by atoms with Gasteiger partial charge < -0.3 is 0 Å². The molecule has 0 aliphatic carbocycles. The first-order valence-corrected chi connectivity index (χ1v) is 13.3. The Bertz CT molecular complexity index is 388. The Morgan fingerprint density at radius 2 is 1.90 bits per heavy atom. The van der Waals surface area contributed by atoms with Crippen LogP contribution in [0.15, 0.2) is 30.3 Å². The molecule has 0 aromatic heterocycles. The predicted molar refractivity (Wildman–Crippen MR) is 105 cm³/mol. The van der Waals surface area contributed by atoms with Crippen molar-refractivity contribution in [3.05, 3.63) is 30.3 Å². The summed E-state index contributed by atoms with van der Waals surface area (Å²) in [7, 11) is 1.42. The molecule has 1 rings (SSSR count). The van der Waals surface area contributed by atoms with Gasteiger partial charge in [0, 0.05) is 37.2 Å². The van der Waals surface area contributed by atoms with Gasteiger partial charge in [-0.25, -0.2) is 8.93 Å². The zero-order chi connectivity index (χ0) is 14.9. The lowest BCUT2D eigenvalue weighted by molar-refractivity contribution is 0.375. The van der Waals surface area contributed by atoms with Crippen LogP contribution in [0.5, 0.6) is 0 Å². The maximum atomic E-state index is 13.1. The molecule has 0 spiro atoms. The number of halogens is 5. The topological polar surface area (TPSA) is 41.6 Å². The highest BCUT2D eigenvalue weighted by atomic mass is 128. The standard InChI is InChI=1S/C8H9Cl2FN2O2S2.CH4.I2/c1-12-17(14)15-13(16-8(9,10)11)7-5-3-2-4-6-7;;1-2/h2-6,12H,1H3;1H4;. The van der Waals surface area contributed by atoms with Crippen LogP contribution < -0.4 is 9.19 Å². The highest BCUT2D eigenvalue weighted by Gasteiger charge is 2.30. The van der Waals surface area contributed by atoms with Crippen molar-refractivity contribution in [2.45, 2.75) is 11.3 Å². The molecule has 0 bridgehead atoms. The van der Waals surface area contributed by atoms with E-state index in [1.165, 1.54) is 7.05 Å². The lowest BCUT2D eigenvalue weighted by Crippen LogP contribution is -2.26. The fourth-order valence-corrected chi connectivity index (χ4v) is 2.22. The number of hydrogen-bond donors (Lipinski definition) is 1. The van der Waals surface area contributed by atoms with Crippen molar-refractivity contribution < 1.29 is 12.9 Å². The van der Waals surface area contributed by atoms with Crippen molar-refractivity contribution in [1.82, 2.24) is 4.72 Å². The molecule has 0 aliphatic rings.